The van der Waals surface area contributed by atoms with Crippen molar-refractivity contribution in [2.75, 3.05) is 5.84 Å². The lowest BCUT2D eigenvalue weighted by atomic mass is 10.2. The highest BCUT2D eigenvalue weighted by Gasteiger charge is 2.16. The number of nitrogen functional groups attached to an aromatic ring is 1. The van der Waals surface area contributed by atoms with Gasteiger partial charge in [-0.05, 0) is 19.1 Å². The number of halogens is 1. The second-order valence-electron chi connectivity index (χ2n) is 3.55. The third kappa shape index (κ3) is 2.49. The molecule has 1 atom stereocenters. The standard InChI is InChI=1S/C11H10BrN5S/c1-7(6-13)18-11-16-15-10(17(11)14)8-4-2-3-5-9(8)12/h2-5,7H,14H2,1H3/t7-/m1/s1. The van der Waals surface area contributed by atoms with Crippen LogP contribution in [0.15, 0.2) is 33.9 Å². The number of aromatic nitrogens is 3. The zero-order chi connectivity index (χ0) is 13.1. The van der Waals surface area contributed by atoms with Gasteiger partial charge in [-0.15, -0.1) is 10.2 Å². The Kier molecular flexibility index (Phi) is 3.89. The predicted octanol–water partition coefficient (Wildman–Crippen LogP) is 2.43. The second-order valence-corrected chi connectivity index (χ2v) is 5.71. The average molecular weight is 324 g/mol. The number of benzene rings is 1. The molecular formula is C11H10BrN5S. The number of nitrogens with two attached hydrogens (primary N) is 1. The van der Waals surface area contributed by atoms with E-state index in [9.17, 15) is 0 Å². The van der Waals surface area contributed by atoms with Crippen molar-refractivity contribution < 1.29 is 0 Å². The van der Waals surface area contributed by atoms with Gasteiger partial charge in [0.25, 0.3) is 0 Å². The van der Waals surface area contributed by atoms with E-state index in [-0.39, 0.29) is 5.25 Å². The highest BCUT2D eigenvalue weighted by atomic mass is 79.9. The van der Waals surface area contributed by atoms with Gasteiger partial charge in [-0.3, -0.25) is 0 Å². The van der Waals surface area contributed by atoms with E-state index in [1.807, 2.05) is 24.3 Å². The molecule has 0 saturated carbocycles. The number of rotatable bonds is 3. The molecule has 1 heterocycles. The Hall–Kier alpha value is -1.52. The van der Waals surface area contributed by atoms with Gasteiger partial charge in [0.05, 0.1) is 11.3 Å². The van der Waals surface area contributed by atoms with Crippen LogP contribution in [0.4, 0.5) is 0 Å². The van der Waals surface area contributed by atoms with Gasteiger partial charge in [-0.1, -0.05) is 39.8 Å². The topological polar surface area (TPSA) is 80.5 Å². The molecule has 0 aliphatic carbocycles. The van der Waals surface area contributed by atoms with Crippen molar-refractivity contribution in [3.63, 3.8) is 0 Å². The third-order valence-corrected chi connectivity index (χ3v) is 3.88. The summed E-state index contributed by atoms with van der Waals surface area (Å²) in [7, 11) is 0. The van der Waals surface area contributed by atoms with E-state index in [1.165, 1.54) is 16.4 Å². The number of hydrogen-bond acceptors (Lipinski definition) is 5. The van der Waals surface area contributed by atoms with E-state index in [1.54, 1.807) is 6.92 Å². The van der Waals surface area contributed by atoms with Crippen molar-refractivity contribution in [2.24, 2.45) is 0 Å². The summed E-state index contributed by atoms with van der Waals surface area (Å²) in [5.74, 6) is 6.51. The minimum Gasteiger partial charge on any atom is -0.335 e. The summed E-state index contributed by atoms with van der Waals surface area (Å²) in [6, 6.07) is 9.75. The third-order valence-electron chi connectivity index (χ3n) is 2.24. The van der Waals surface area contributed by atoms with Crippen molar-refractivity contribution in [3.8, 4) is 17.5 Å². The van der Waals surface area contributed by atoms with Gasteiger partial charge < -0.3 is 5.84 Å². The van der Waals surface area contributed by atoms with Gasteiger partial charge in [0, 0.05) is 10.0 Å². The molecule has 2 aromatic rings. The van der Waals surface area contributed by atoms with Crippen molar-refractivity contribution in [2.45, 2.75) is 17.3 Å². The first-order chi connectivity index (χ1) is 8.63. The van der Waals surface area contributed by atoms with E-state index >= 15 is 0 Å². The molecule has 1 aromatic carbocycles. The molecule has 2 rings (SSSR count). The normalized spacial score (nSPS) is 12.1. The smallest absolute Gasteiger partial charge is 0.211 e. The molecule has 0 amide bonds. The minimum absolute atomic E-state index is 0.219. The van der Waals surface area contributed by atoms with Crippen LogP contribution in [0.25, 0.3) is 11.4 Å². The Labute approximate surface area is 117 Å². The summed E-state index contributed by atoms with van der Waals surface area (Å²) in [5, 5.41) is 17.1. The first-order valence-corrected chi connectivity index (χ1v) is 6.82. The SMILES string of the molecule is C[C@H](C#N)Sc1nnc(-c2ccccc2Br)n1N. The largest absolute Gasteiger partial charge is 0.335 e. The monoisotopic (exact) mass is 323 g/mol. The highest BCUT2D eigenvalue weighted by molar-refractivity contribution is 9.10. The Balaban J connectivity index is 2.38. The van der Waals surface area contributed by atoms with Crippen LogP contribution in [-0.2, 0) is 0 Å². The van der Waals surface area contributed by atoms with E-state index in [4.69, 9.17) is 11.1 Å². The van der Waals surface area contributed by atoms with Crippen molar-refractivity contribution in [1.29, 1.82) is 5.26 Å². The van der Waals surface area contributed by atoms with Crippen LogP contribution in [0.2, 0.25) is 0 Å². The molecule has 5 nitrogen and oxygen atoms in total. The summed E-state index contributed by atoms with van der Waals surface area (Å²) >= 11 is 4.72. The van der Waals surface area contributed by atoms with Crippen LogP contribution < -0.4 is 5.84 Å². The maximum atomic E-state index is 8.78. The maximum absolute atomic E-state index is 8.78. The Bertz CT molecular complexity index is 604. The Morgan fingerprint density at radius 3 is 2.83 bits per heavy atom. The van der Waals surface area contributed by atoms with Gasteiger partial charge >= 0.3 is 0 Å². The fraction of sp³-hybridized carbons (Fsp3) is 0.182. The van der Waals surface area contributed by atoms with E-state index in [0.29, 0.717) is 11.0 Å². The Morgan fingerprint density at radius 2 is 2.17 bits per heavy atom. The van der Waals surface area contributed by atoms with Gasteiger partial charge in [0.2, 0.25) is 5.16 Å². The molecule has 0 bridgehead atoms. The first-order valence-electron chi connectivity index (χ1n) is 5.15. The number of nitriles is 1. The van der Waals surface area contributed by atoms with E-state index < -0.39 is 0 Å². The minimum atomic E-state index is -0.219. The van der Waals surface area contributed by atoms with Crippen LogP contribution in [0, 0.1) is 11.3 Å². The van der Waals surface area contributed by atoms with Crippen molar-refractivity contribution in [1.82, 2.24) is 14.9 Å². The molecular weight excluding hydrogens is 314 g/mol. The summed E-state index contributed by atoms with van der Waals surface area (Å²) in [5.41, 5.74) is 0.865. The summed E-state index contributed by atoms with van der Waals surface area (Å²) in [4.78, 5) is 0. The summed E-state index contributed by atoms with van der Waals surface area (Å²) in [6.07, 6.45) is 0. The molecule has 0 aliphatic heterocycles. The molecule has 0 fully saturated rings. The fourth-order valence-corrected chi connectivity index (χ4v) is 2.49. The Morgan fingerprint density at radius 1 is 1.44 bits per heavy atom. The number of nitrogens with zero attached hydrogens (tertiary/aromatic N) is 4. The number of hydrogen-bond donors (Lipinski definition) is 1. The second kappa shape index (κ2) is 5.42. The summed E-state index contributed by atoms with van der Waals surface area (Å²) < 4.78 is 2.30. The zero-order valence-corrected chi connectivity index (χ0v) is 11.9. The molecule has 0 unspecified atom stereocenters. The maximum Gasteiger partial charge on any atom is 0.211 e. The quantitative estimate of drug-likeness (QED) is 0.693. The van der Waals surface area contributed by atoms with E-state index in [2.05, 4.69) is 32.2 Å². The van der Waals surface area contributed by atoms with Gasteiger partial charge in [0.15, 0.2) is 5.82 Å². The van der Waals surface area contributed by atoms with Crippen molar-refractivity contribution in [3.05, 3.63) is 28.7 Å². The van der Waals surface area contributed by atoms with E-state index in [0.717, 1.165) is 10.0 Å². The van der Waals surface area contributed by atoms with Crippen LogP contribution >= 0.6 is 27.7 Å². The van der Waals surface area contributed by atoms with Gasteiger partial charge in [-0.2, -0.15) is 5.26 Å². The average Bonchev–Trinajstić information content (AvgIpc) is 2.72. The molecule has 0 aliphatic rings. The molecule has 1 aromatic heterocycles. The first kappa shape index (κ1) is 12.9. The molecule has 2 N–H and O–H groups in total. The van der Waals surface area contributed by atoms with Gasteiger partial charge in [0.1, 0.15) is 0 Å². The predicted molar refractivity (Wildman–Crippen MR) is 74.2 cm³/mol. The molecule has 18 heavy (non-hydrogen) atoms. The lowest BCUT2D eigenvalue weighted by molar-refractivity contribution is 0.847. The molecule has 7 heteroatoms. The lowest BCUT2D eigenvalue weighted by Gasteiger charge is -2.05. The lowest BCUT2D eigenvalue weighted by Crippen LogP contribution is -2.12. The molecule has 0 radical (unpaired) electrons. The number of thioether (sulfide) groups is 1. The van der Waals surface area contributed by atoms with Crippen LogP contribution in [0.1, 0.15) is 6.92 Å². The highest BCUT2D eigenvalue weighted by Crippen LogP contribution is 2.28. The van der Waals surface area contributed by atoms with Crippen LogP contribution in [0.5, 0.6) is 0 Å². The summed E-state index contributed by atoms with van der Waals surface area (Å²) in [6.45, 7) is 1.79. The van der Waals surface area contributed by atoms with Crippen LogP contribution in [-0.4, -0.2) is 20.1 Å². The zero-order valence-electron chi connectivity index (χ0n) is 9.54. The molecule has 92 valence electrons. The van der Waals surface area contributed by atoms with Gasteiger partial charge in [-0.25, -0.2) is 4.68 Å². The fourth-order valence-electron chi connectivity index (χ4n) is 1.37. The van der Waals surface area contributed by atoms with Crippen molar-refractivity contribution >= 4 is 27.7 Å². The molecule has 0 saturated heterocycles. The molecule has 0 spiro atoms. The van der Waals surface area contributed by atoms with Crippen LogP contribution in [0.3, 0.4) is 0 Å².